The Balaban J connectivity index is 2.03. The van der Waals surface area contributed by atoms with Crippen LogP contribution >= 0.6 is 0 Å². The lowest BCUT2D eigenvalue weighted by Crippen LogP contribution is -2.55. The van der Waals surface area contributed by atoms with E-state index < -0.39 is 11.0 Å². The summed E-state index contributed by atoms with van der Waals surface area (Å²) in [6, 6.07) is 0. The first-order valence-corrected chi connectivity index (χ1v) is 6.61. The van der Waals surface area contributed by atoms with E-state index >= 15 is 0 Å². The van der Waals surface area contributed by atoms with Crippen molar-refractivity contribution in [1.29, 1.82) is 0 Å². The van der Waals surface area contributed by atoms with Gasteiger partial charge in [0.15, 0.2) is 5.78 Å². The summed E-state index contributed by atoms with van der Waals surface area (Å²) in [4.78, 5) is 23.8. The molecule has 0 radical (unpaired) electrons. The van der Waals surface area contributed by atoms with E-state index in [1.165, 1.54) is 6.08 Å². The van der Waals surface area contributed by atoms with Gasteiger partial charge in [-0.15, -0.1) is 0 Å². The van der Waals surface area contributed by atoms with Gasteiger partial charge >= 0.3 is 5.97 Å². The van der Waals surface area contributed by atoms with E-state index in [4.69, 9.17) is 4.74 Å². The van der Waals surface area contributed by atoms with Crippen molar-refractivity contribution in [1.82, 2.24) is 0 Å². The molecule has 2 aliphatic carbocycles. The van der Waals surface area contributed by atoms with Crippen LogP contribution in [0.15, 0.2) is 24.3 Å². The molecular formula is C15H18O4. The van der Waals surface area contributed by atoms with Crippen molar-refractivity contribution >= 4 is 11.8 Å². The van der Waals surface area contributed by atoms with Crippen molar-refractivity contribution in [2.45, 2.75) is 38.4 Å². The van der Waals surface area contributed by atoms with Gasteiger partial charge < -0.3 is 9.84 Å². The Kier molecular flexibility index (Phi) is 2.37. The molecule has 5 atom stereocenters. The highest BCUT2D eigenvalue weighted by Crippen LogP contribution is 2.55. The number of allylic oxidation sites excluding steroid dienone is 1. The number of esters is 1. The summed E-state index contributed by atoms with van der Waals surface area (Å²) in [7, 11) is 0. The van der Waals surface area contributed by atoms with Gasteiger partial charge in [0.1, 0.15) is 6.10 Å². The molecule has 1 aliphatic heterocycles. The number of rotatable bonds is 0. The van der Waals surface area contributed by atoms with E-state index in [0.29, 0.717) is 18.4 Å². The molecule has 19 heavy (non-hydrogen) atoms. The third-order valence-corrected chi connectivity index (χ3v) is 5.14. The van der Waals surface area contributed by atoms with Crippen LogP contribution in [0.1, 0.15) is 26.7 Å². The van der Waals surface area contributed by atoms with Gasteiger partial charge in [-0.2, -0.15) is 0 Å². The molecule has 102 valence electrons. The summed E-state index contributed by atoms with van der Waals surface area (Å²) < 4.78 is 5.31. The minimum absolute atomic E-state index is 0.0102. The Labute approximate surface area is 112 Å². The molecule has 0 unspecified atom stereocenters. The molecule has 1 N–H and O–H groups in total. The highest BCUT2D eigenvalue weighted by atomic mass is 16.6. The molecule has 0 aromatic carbocycles. The molecule has 0 aromatic rings. The van der Waals surface area contributed by atoms with Crippen LogP contribution in [0.5, 0.6) is 0 Å². The van der Waals surface area contributed by atoms with E-state index in [0.717, 1.165) is 0 Å². The average molecular weight is 262 g/mol. The lowest BCUT2D eigenvalue weighted by atomic mass is 9.54. The fraction of sp³-hybridized carbons (Fsp3) is 0.600. The maximum absolute atomic E-state index is 12.2. The van der Waals surface area contributed by atoms with Crippen molar-refractivity contribution < 1.29 is 19.4 Å². The molecule has 2 fully saturated rings. The summed E-state index contributed by atoms with van der Waals surface area (Å²) in [6.07, 6.45) is 3.79. The van der Waals surface area contributed by atoms with E-state index in [9.17, 15) is 14.7 Å². The first-order valence-electron chi connectivity index (χ1n) is 6.61. The van der Waals surface area contributed by atoms with Crippen molar-refractivity contribution in [3.8, 4) is 0 Å². The van der Waals surface area contributed by atoms with Crippen molar-refractivity contribution in [3.63, 3.8) is 0 Å². The lowest BCUT2D eigenvalue weighted by molar-refractivity contribution is -0.154. The molecule has 1 saturated heterocycles. The van der Waals surface area contributed by atoms with Crippen molar-refractivity contribution in [2.75, 3.05) is 0 Å². The molecule has 3 aliphatic rings. The number of ether oxygens (including phenoxy) is 1. The smallest absolute Gasteiger partial charge is 0.334 e. The van der Waals surface area contributed by atoms with Crippen LogP contribution in [0.2, 0.25) is 0 Å². The van der Waals surface area contributed by atoms with Gasteiger partial charge in [0.25, 0.3) is 0 Å². The van der Waals surface area contributed by atoms with E-state index in [1.54, 1.807) is 13.0 Å². The zero-order chi connectivity index (χ0) is 14.0. The Morgan fingerprint density at radius 3 is 2.79 bits per heavy atom. The number of ketones is 1. The van der Waals surface area contributed by atoms with Crippen LogP contribution in [0.25, 0.3) is 0 Å². The van der Waals surface area contributed by atoms with Gasteiger partial charge in [-0.1, -0.05) is 13.5 Å². The van der Waals surface area contributed by atoms with Gasteiger partial charge in [-0.25, -0.2) is 4.79 Å². The summed E-state index contributed by atoms with van der Waals surface area (Å²) >= 11 is 0. The molecule has 0 spiro atoms. The summed E-state index contributed by atoms with van der Waals surface area (Å²) in [6.45, 7) is 7.37. The maximum atomic E-state index is 12.2. The fourth-order valence-electron chi connectivity index (χ4n) is 3.93. The molecule has 4 nitrogen and oxygen atoms in total. The monoisotopic (exact) mass is 262 g/mol. The van der Waals surface area contributed by atoms with E-state index in [-0.39, 0.29) is 29.7 Å². The Morgan fingerprint density at radius 1 is 1.42 bits per heavy atom. The second kappa shape index (κ2) is 3.57. The summed E-state index contributed by atoms with van der Waals surface area (Å²) in [5.41, 5.74) is -1.21. The minimum Gasteiger partial charge on any atom is -0.458 e. The number of carbonyl (C=O) groups is 2. The summed E-state index contributed by atoms with van der Waals surface area (Å²) in [5.74, 6) is -0.630. The number of hydrogen-bond donors (Lipinski definition) is 1. The fourth-order valence-corrected chi connectivity index (χ4v) is 3.93. The lowest BCUT2D eigenvalue weighted by Gasteiger charge is -2.50. The molecule has 0 amide bonds. The largest absolute Gasteiger partial charge is 0.458 e. The SMILES string of the molecule is C=C1C(=O)O[C@@H]2C[C@@]3(C)C(=O)C=C[C@@](C)(O)[C@@H]3C[C@H]12. The number of hydrogen-bond acceptors (Lipinski definition) is 4. The van der Waals surface area contributed by atoms with E-state index in [1.807, 2.05) is 6.92 Å². The third-order valence-electron chi connectivity index (χ3n) is 5.14. The number of carbonyl (C=O) groups excluding carboxylic acids is 2. The second-order valence-corrected chi connectivity index (χ2v) is 6.41. The molecule has 0 aromatic heterocycles. The van der Waals surface area contributed by atoms with Crippen LogP contribution < -0.4 is 0 Å². The number of fused-ring (bicyclic) bond motifs is 2. The second-order valence-electron chi connectivity index (χ2n) is 6.41. The standard InChI is InChI=1S/C15H18O4/c1-8-9-6-11-14(2,7-10(9)19-13(8)17)12(16)4-5-15(11,3)18/h4-5,9-11,18H,1,6-7H2,2-3H3/t9-,10-,11-,14-,15-/m1/s1. The van der Waals surface area contributed by atoms with Gasteiger partial charge in [-0.05, 0) is 31.9 Å². The maximum Gasteiger partial charge on any atom is 0.334 e. The zero-order valence-electron chi connectivity index (χ0n) is 11.2. The van der Waals surface area contributed by atoms with Crippen LogP contribution in [0.4, 0.5) is 0 Å². The topological polar surface area (TPSA) is 63.6 Å². The Morgan fingerprint density at radius 2 is 2.11 bits per heavy atom. The molecule has 1 heterocycles. The quantitative estimate of drug-likeness (QED) is 0.529. The van der Waals surface area contributed by atoms with E-state index in [2.05, 4.69) is 6.58 Å². The average Bonchev–Trinajstić information content (AvgIpc) is 2.59. The third kappa shape index (κ3) is 1.56. The van der Waals surface area contributed by atoms with Crippen LogP contribution in [0, 0.1) is 17.3 Å². The number of aliphatic hydroxyl groups is 1. The predicted molar refractivity (Wildman–Crippen MR) is 68.1 cm³/mol. The van der Waals surface area contributed by atoms with Gasteiger partial charge in [0, 0.05) is 22.8 Å². The first-order chi connectivity index (χ1) is 8.75. The van der Waals surface area contributed by atoms with Crippen LogP contribution in [0.3, 0.4) is 0 Å². The highest BCUT2D eigenvalue weighted by Gasteiger charge is 2.59. The Bertz CT molecular complexity index is 516. The zero-order valence-corrected chi connectivity index (χ0v) is 11.2. The van der Waals surface area contributed by atoms with Gasteiger partial charge in [-0.3, -0.25) is 4.79 Å². The minimum atomic E-state index is -1.03. The first kappa shape index (κ1) is 12.6. The molecule has 0 bridgehead atoms. The molecule has 3 rings (SSSR count). The Hall–Kier alpha value is -1.42. The van der Waals surface area contributed by atoms with Crippen LogP contribution in [-0.4, -0.2) is 28.6 Å². The molecule has 4 heteroatoms. The van der Waals surface area contributed by atoms with Crippen molar-refractivity contribution in [2.24, 2.45) is 17.3 Å². The van der Waals surface area contributed by atoms with Gasteiger partial charge in [0.2, 0.25) is 0 Å². The molecular weight excluding hydrogens is 244 g/mol. The van der Waals surface area contributed by atoms with Crippen LogP contribution in [-0.2, 0) is 14.3 Å². The summed E-state index contributed by atoms with van der Waals surface area (Å²) in [5, 5.41) is 10.5. The normalized spacial score (nSPS) is 48.8. The van der Waals surface area contributed by atoms with Crippen molar-refractivity contribution in [3.05, 3.63) is 24.3 Å². The van der Waals surface area contributed by atoms with Gasteiger partial charge in [0.05, 0.1) is 5.60 Å². The highest BCUT2D eigenvalue weighted by molar-refractivity contribution is 5.97. The predicted octanol–water partition coefficient (Wildman–Crippen LogP) is 1.39. The molecule has 1 saturated carbocycles.